The van der Waals surface area contributed by atoms with Gasteiger partial charge in [0, 0.05) is 0 Å². The molecule has 5 rings (SSSR count). The summed E-state index contributed by atoms with van der Waals surface area (Å²) in [6.45, 7) is 7.11. The van der Waals surface area contributed by atoms with Crippen LogP contribution in [0.5, 0.6) is 11.5 Å². The summed E-state index contributed by atoms with van der Waals surface area (Å²) >= 11 is 0. The van der Waals surface area contributed by atoms with Gasteiger partial charge in [0.25, 0.3) is 5.91 Å². The Morgan fingerprint density at radius 2 is 1.89 bits per heavy atom. The summed E-state index contributed by atoms with van der Waals surface area (Å²) in [6, 6.07) is 12.1. The first kappa shape index (κ1) is 23.4. The molecule has 1 atom stereocenters. The minimum Gasteiger partial charge on any atom is -0.493 e. The predicted octanol–water partition coefficient (Wildman–Crippen LogP) is 2.05. The largest absolute Gasteiger partial charge is 0.493 e. The normalized spacial score (nSPS) is 18.2. The Hall–Kier alpha value is -3.36. The topological polar surface area (TPSA) is 82.7 Å². The van der Waals surface area contributed by atoms with Crippen molar-refractivity contribution in [1.82, 2.24) is 4.90 Å². The van der Waals surface area contributed by atoms with E-state index in [1.165, 1.54) is 4.90 Å². The number of morpholine rings is 1. The second-order valence-corrected chi connectivity index (χ2v) is 8.94. The van der Waals surface area contributed by atoms with E-state index in [1.54, 1.807) is 36.3 Å². The highest BCUT2D eigenvalue weighted by molar-refractivity contribution is 5.99. The van der Waals surface area contributed by atoms with Crippen molar-refractivity contribution in [3.8, 4) is 11.5 Å². The number of carbonyl (C=O) groups is 1. The van der Waals surface area contributed by atoms with Crippen molar-refractivity contribution >= 4 is 16.9 Å². The summed E-state index contributed by atoms with van der Waals surface area (Å²) in [6.07, 6.45) is 0.876. The number of quaternary nitrogens is 1. The standard InChI is InChI=1S/C27H30N2O6/c1-3-14-34-21-9-8-18(17-22(21)32-2)24-23-25(30)19-6-4-5-7-20(19)35-26(23)27(31)29(24)11-10-28-12-15-33-16-13-28/h4-9,17,24H,3,10-16H2,1-2H3/p+1/t24-/m1/s1. The van der Waals surface area contributed by atoms with Crippen molar-refractivity contribution in [2.75, 3.05) is 53.1 Å². The lowest BCUT2D eigenvalue weighted by molar-refractivity contribution is -0.907. The number of nitrogens with one attached hydrogen (secondary N) is 1. The van der Waals surface area contributed by atoms with E-state index in [1.807, 2.05) is 25.1 Å². The molecule has 0 spiro atoms. The zero-order chi connectivity index (χ0) is 24.4. The fourth-order valence-corrected chi connectivity index (χ4v) is 4.92. The van der Waals surface area contributed by atoms with Crippen molar-refractivity contribution in [2.45, 2.75) is 19.4 Å². The molecule has 1 amide bonds. The summed E-state index contributed by atoms with van der Waals surface area (Å²) in [5.41, 5.74) is 1.42. The van der Waals surface area contributed by atoms with Gasteiger partial charge in [-0.2, -0.15) is 0 Å². The molecule has 1 saturated heterocycles. The number of amides is 1. The Bertz CT molecular complexity index is 1280. The lowest BCUT2D eigenvalue weighted by Gasteiger charge is -2.29. The molecular weight excluding hydrogens is 448 g/mol. The van der Waals surface area contributed by atoms with E-state index in [-0.39, 0.29) is 17.1 Å². The first-order valence-corrected chi connectivity index (χ1v) is 12.2. The molecule has 0 saturated carbocycles. The second kappa shape index (κ2) is 10.1. The number of ether oxygens (including phenoxy) is 3. The Balaban J connectivity index is 1.58. The van der Waals surface area contributed by atoms with Gasteiger partial charge in [-0.3, -0.25) is 9.59 Å². The van der Waals surface area contributed by atoms with E-state index in [0.29, 0.717) is 41.2 Å². The SMILES string of the molecule is CCCOc1ccc([C@@H]2c3c(oc4ccccc4c3=O)C(=O)N2CC[NH+]2CCOCC2)cc1OC. The van der Waals surface area contributed by atoms with Crippen molar-refractivity contribution in [2.24, 2.45) is 0 Å². The Morgan fingerprint density at radius 1 is 1.09 bits per heavy atom. The van der Waals surface area contributed by atoms with Crippen molar-refractivity contribution in [3.63, 3.8) is 0 Å². The predicted molar refractivity (Wildman–Crippen MR) is 131 cm³/mol. The third-order valence-corrected chi connectivity index (χ3v) is 6.74. The van der Waals surface area contributed by atoms with Crippen LogP contribution in [0.3, 0.4) is 0 Å². The molecule has 2 aliphatic rings. The van der Waals surface area contributed by atoms with Crippen LogP contribution in [0.1, 0.15) is 41.1 Å². The Morgan fingerprint density at radius 3 is 2.66 bits per heavy atom. The van der Waals surface area contributed by atoms with Crippen LogP contribution in [0.4, 0.5) is 0 Å². The molecule has 0 radical (unpaired) electrons. The molecule has 1 fully saturated rings. The molecule has 2 aliphatic heterocycles. The van der Waals surface area contributed by atoms with Gasteiger partial charge >= 0.3 is 0 Å². The molecule has 3 aromatic rings. The first-order chi connectivity index (χ1) is 17.1. The first-order valence-electron chi connectivity index (χ1n) is 12.2. The molecular formula is C27H31N2O6+. The van der Waals surface area contributed by atoms with Crippen LogP contribution in [0.15, 0.2) is 51.7 Å². The Labute approximate surface area is 204 Å². The van der Waals surface area contributed by atoms with Gasteiger partial charge < -0.3 is 28.4 Å². The number of methoxy groups -OCH3 is 1. The van der Waals surface area contributed by atoms with Crippen LogP contribution >= 0.6 is 0 Å². The van der Waals surface area contributed by atoms with E-state index < -0.39 is 6.04 Å². The number of rotatable bonds is 8. The van der Waals surface area contributed by atoms with Crippen molar-refractivity contribution in [1.29, 1.82) is 0 Å². The molecule has 35 heavy (non-hydrogen) atoms. The average molecular weight is 480 g/mol. The van der Waals surface area contributed by atoms with Gasteiger partial charge in [-0.15, -0.1) is 0 Å². The molecule has 3 heterocycles. The molecule has 0 bridgehead atoms. The maximum atomic E-state index is 13.6. The quantitative estimate of drug-likeness (QED) is 0.533. The fourth-order valence-electron chi connectivity index (χ4n) is 4.92. The van der Waals surface area contributed by atoms with Gasteiger partial charge in [-0.25, -0.2) is 0 Å². The third kappa shape index (κ3) is 4.39. The number of benzene rings is 2. The molecule has 184 valence electrons. The number of carbonyl (C=O) groups excluding carboxylic acids is 1. The van der Waals surface area contributed by atoms with Crippen LogP contribution in [0.2, 0.25) is 0 Å². The van der Waals surface area contributed by atoms with Crippen molar-refractivity contribution in [3.05, 3.63) is 69.6 Å². The van der Waals surface area contributed by atoms with E-state index >= 15 is 0 Å². The summed E-state index contributed by atoms with van der Waals surface area (Å²) in [7, 11) is 1.59. The Kier molecular flexibility index (Phi) is 6.74. The monoisotopic (exact) mass is 479 g/mol. The van der Waals surface area contributed by atoms with Crippen molar-refractivity contribution < 1.29 is 28.3 Å². The summed E-state index contributed by atoms with van der Waals surface area (Å²) in [5, 5.41) is 0.472. The van der Waals surface area contributed by atoms with Gasteiger partial charge in [0.1, 0.15) is 18.7 Å². The molecule has 1 aromatic heterocycles. The van der Waals surface area contributed by atoms with Gasteiger partial charge in [0.2, 0.25) is 5.76 Å². The molecule has 8 heteroatoms. The molecule has 0 aliphatic carbocycles. The van der Waals surface area contributed by atoms with E-state index in [0.717, 1.165) is 44.8 Å². The summed E-state index contributed by atoms with van der Waals surface area (Å²) < 4.78 is 22.9. The number of para-hydroxylation sites is 1. The average Bonchev–Trinajstić information content (AvgIpc) is 3.18. The summed E-state index contributed by atoms with van der Waals surface area (Å²) in [5.74, 6) is 1.07. The van der Waals surface area contributed by atoms with Gasteiger partial charge in [-0.05, 0) is 36.2 Å². The minimum absolute atomic E-state index is 0.126. The summed E-state index contributed by atoms with van der Waals surface area (Å²) in [4.78, 5) is 30.4. The van der Waals surface area contributed by atoms with Crippen LogP contribution in [0.25, 0.3) is 11.0 Å². The highest BCUT2D eigenvalue weighted by Gasteiger charge is 2.43. The third-order valence-electron chi connectivity index (χ3n) is 6.74. The maximum Gasteiger partial charge on any atom is 0.291 e. The highest BCUT2D eigenvalue weighted by atomic mass is 16.5. The van der Waals surface area contributed by atoms with E-state index in [9.17, 15) is 9.59 Å². The lowest BCUT2D eigenvalue weighted by Crippen LogP contribution is -3.14. The molecule has 2 aromatic carbocycles. The second-order valence-electron chi connectivity index (χ2n) is 8.94. The number of hydrogen-bond acceptors (Lipinski definition) is 6. The molecule has 1 N–H and O–H groups in total. The minimum atomic E-state index is -0.562. The fraction of sp³-hybridized carbons (Fsp3) is 0.407. The number of nitrogens with zero attached hydrogens (tertiary/aromatic N) is 1. The van der Waals surface area contributed by atoms with E-state index in [4.69, 9.17) is 18.6 Å². The van der Waals surface area contributed by atoms with Crippen LogP contribution < -0.4 is 19.8 Å². The maximum absolute atomic E-state index is 13.6. The van der Waals surface area contributed by atoms with Gasteiger partial charge in [-0.1, -0.05) is 25.1 Å². The number of fused-ring (bicyclic) bond motifs is 2. The van der Waals surface area contributed by atoms with Gasteiger partial charge in [0.15, 0.2) is 16.9 Å². The molecule has 8 nitrogen and oxygen atoms in total. The smallest absolute Gasteiger partial charge is 0.291 e. The van der Waals surface area contributed by atoms with Crippen LogP contribution in [0, 0.1) is 0 Å². The zero-order valence-corrected chi connectivity index (χ0v) is 20.2. The zero-order valence-electron chi connectivity index (χ0n) is 20.2. The van der Waals surface area contributed by atoms with Gasteiger partial charge in [0.05, 0.1) is 57.0 Å². The lowest BCUT2D eigenvalue weighted by atomic mass is 9.98. The van der Waals surface area contributed by atoms with Crippen LogP contribution in [-0.4, -0.2) is 63.9 Å². The van der Waals surface area contributed by atoms with E-state index in [2.05, 4.69) is 0 Å². The van der Waals surface area contributed by atoms with Crippen LogP contribution in [-0.2, 0) is 4.74 Å². The molecule has 0 unspecified atom stereocenters. The highest BCUT2D eigenvalue weighted by Crippen LogP contribution is 2.40. The number of hydrogen-bond donors (Lipinski definition) is 1.